The van der Waals surface area contributed by atoms with E-state index in [0.717, 1.165) is 39.8 Å². The van der Waals surface area contributed by atoms with Gasteiger partial charge >= 0.3 is 0 Å². The summed E-state index contributed by atoms with van der Waals surface area (Å²) in [6.07, 6.45) is 4.81. The molecule has 0 N–H and O–H groups in total. The second kappa shape index (κ2) is 13.3. The predicted octanol–water partition coefficient (Wildman–Crippen LogP) is 6.60. The molecule has 1 amide bonds. The number of imidazole rings is 1. The van der Waals surface area contributed by atoms with Crippen LogP contribution >= 0.6 is 0 Å². The number of carbonyl (C=O) groups excluding carboxylic acids is 1. The van der Waals surface area contributed by atoms with Gasteiger partial charge in [0.15, 0.2) is 11.5 Å². The largest absolute Gasteiger partial charge is 0.493 e. The fourth-order valence-electron chi connectivity index (χ4n) is 5.12. The number of nitrogens with zero attached hydrogens (tertiary/aromatic N) is 3. The normalized spacial score (nSPS) is 12.2. The van der Waals surface area contributed by atoms with E-state index in [2.05, 4.69) is 26.0 Å². The van der Waals surface area contributed by atoms with Gasteiger partial charge in [0.1, 0.15) is 19.0 Å². The number of hydrogen-bond donors (Lipinski definition) is 0. The van der Waals surface area contributed by atoms with Gasteiger partial charge in [-0.1, -0.05) is 55.5 Å². The fourth-order valence-corrected chi connectivity index (χ4v) is 5.12. The summed E-state index contributed by atoms with van der Waals surface area (Å²) in [5.41, 5.74) is 5.85. The van der Waals surface area contributed by atoms with E-state index in [-0.39, 0.29) is 25.1 Å². The van der Waals surface area contributed by atoms with Crippen LogP contribution in [0, 0.1) is 6.92 Å². The first kappa shape index (κ1) is 28.9. The minimum absolute atomic E-state index is 0.0359. The van der Waals surface area contributed by atoms with Gasteiger partial charge in [-0.05, 0) is 68.1 Å². The summed E-state index contributed by atoms with van der Waals surface area (Å²) in [7, 11) is 3.29. The zero-order valence-electron chi connectivity index (χ0n) is 24.3. The molecule has 0 fully saturated rings. The van der Waals surface area contributed by atoms with E-state index in [1.165, 1.54) is 0 Å². The number of aromatic nitrogens is 2. The third-order valence-electron chi connectivity index (χ3n) is 6.99. The van der Waals surface area contributed by atoms with Crippen LogP contribution in [0.3, 0.4) is 0 Å². The van der Waals surface area contributed by atoms with Crippen LogP contribution in [0.1, 0.15) is 43.3 Å². The Bertz CT molecular complexity index is 1490. The van der Waals surface area contributed by atoms with E-state index >= 15 is 0 Å². The topological polar surface area (TPSA) is 65.8 Å². The number of carbonyl (C=O) groups is 1. The van der Waals surface area contributed by atoms with Gasteiger partial charge in [-0.3, -0.25) is 4.79 Å². The third kappa shape index (κ3) is 6.20. The molecular formula is C33H39N3O4. The maximum Gasteiger partial charge on any atom is 0.247 e. The molecule has 1 atom stereocenters. The summed E-state index contributed by atoms with van der Waals surface area (Å²) in [5.74, 6) is 1.88. The maximum atomic E-state index is 14.2. The molecule has 0 radical (unpaired) electrons. The summed E-state index contributed by atoms with van der Waals surface area (Å²) in [4.78, 5) is 20.9. The number of allylic oxidation sites excluding steroid dienone is 1. The molecule has 4 rings (SSSR count). The number of aryl methyl sites for hydroxylation is 2. The molecule has 0 bridgehead atoms. The van der Waals surface area contributed by atoms with Crippen LogP contribution in [0.4, 0.5) is 5.69 Å². The van der Waals surface area contributed by atoms with Crippen molar-refractivity contribution in [1.29, 1.82) is 0 Å². The second-order valence-corrected chi connectivity index (χ2v) is 9.81. The first-order valence-corrected chi connectivity index (χ1v) is 13.7. The standard InChI is InChI=1S/C33H39N3O4/c1-7-12-25-17-18-29(30(19-25)39-6)40-22-31-34-27-15-9-10-16-28(27)35(31)20-32(37)36(24(4)21-38-5)33-23(3)13-11-14-26(33)8-2/h7,9-19,24H,8,20-22H2,1-6H3/b12-7-. The van der Waals surface area contributed by atoms with Gasteiger partial charge in [0.25, 0.3) is 0 Å². The van der Waals surface area contributed by atoms with Crippen LogP contribution < -0.4 is 14.4 Å². The van der Waals surface area contributed by atoms with Crippen molar-refractivity contribution in [2.45, 2.75) is 53.3 Å². The number of para-hydroxylation sites is 3. The molecule has 1 aromatic heterocycles. The molecule has 0 aliphatic heterocycles. The Hall–Kier alpha value is -4.10. The van der Waals surface area contributed by atoms with Crippen molar-refractivity contribution < 1.29 is 19.0 Å². The lowest BCUT2D eigenvalue weighted by atomic mass is 10.0. The third-order valence-corrected chi connectivity index (χ3v) is 6.99. The number of rotatable bonds is 12. The molecule has 1 unspecified atom stereocenters. The first-order valence-electron chi connectivity index (χ1n) is 13.7. The van der Waals surface area contributed by atoms with Crippen LogP contribution in [0.25, 0.3) is 17.1 Å². The van der Waals surface area contributed by atoms with Gasteiger partial charge in [-0.15, -0.1) is 0 Å². The van der Waals surface area contributed by atoms with Crippen molar-refractivity contribution in [3.8, 4) is 11.5 Å². The van der Waals surface area contributed by atoms with Gasteiger partial charge in [0.05, 0.1) is 36.5 Å². The quantitative estimate of drug-likeness (QED) is 0.202. The molecule has 3 aromatic carbocycles. The van der Waals surface area contributed by atoms with Crippen molar-refractivity contribution in [3.05, 3.63) is 89.3 Å². The number of methoxy groups -OCH3 is 2. The maximum absolute atomic E-state index is 14.2. The molecule has 7 nitrogen and oxygen atoms in total. The van der Waals surface area contributed by atoms with Crippen LogP contribution in [0.2, 0.25) is 0 Å². The van der Waals surface area contributed by atoms with Crippen LogP contribution in [0.5, 0.6) is 11.5 Å². The summed E-state index contributed by atoms with van der Waals surface area (Å²) in [6.45, 7) is 8.87. The molecular weight excluding hydrogens is 502 g/mol. The lowest BCUT2D eigenvalue weighted by Crippen LogP contribution is -2.44. The van der Waals surface area contributed by atoms with Crippen molar-refractivity contribution in [2.24, 2.45) is 0 Å². The molecule has 0 aliphatic carbocycles. The molecule has 1 heterocycles. The summed E-state index contributed by atoms with van der Waals surface area (Å²) in [5, 5.41) is 0. The zero-order valence-corrected chi connectivity index (χ0v) is 24.3. The Labute approximate surface area is 237 Å². The molecule has 4 aromatic rings. The number of hydrogen-bond acceptors (Lipinski definition) is 5. The SMILES string of the molecule is C/C=C\c1ccc(OCc2nc3ccccc3n2CC(=O)N(c2c(C)cccc2CC)C(C)COC)c(OC)c1. The molecule has 0 aliphatic rings. The van der Waals surface area contributed by atoms with Gasteiger partial charge in [-0.25, -0.2) is 4.98 Å². The van der Waals surface area contributed by atoms with E-state index < -0.39 is 0 Å². The lowest BCUT2D eigenvalue weighted by Gasteiger charge is -2.32. The molecule has 0 saturated heterocycles. The number of fused-ring (bicyclic) bond motifs is 1. The average Bonchev–Trinajstić information content (AvgIpc) is 3.30. The second-order valence-electron chi connectivity index (χ2n) is 9.81. The number of anilines is 1. The number of benzene rings is 3. The minimum atomic E-state index is -0.154. The van der Waals surface area contributed by atoms with Crippen LogP contribution in [-0.2, 0) is 29.1 Å². The van der Waals surface area contributed by atoms with Gasteiger partial charge in [0, 0.05) is 7.11 Å². The average molecular weight is 542 g/mol. The van der Waals surface area contributed by atoms with Crippen molar-refractivity contribution >= 4 is 28.7 Å². The highest BCUT2D eigenvalue weighted by atomic mass is 16.5. The van der Waals surface area contributed by atoms with E-state index in [4.69, 9.17) is 19.2 Å². The molecule has 40 heavy (non-hydrogen) atoms. The smallest absolute Gasteiger partial charge is 0.247 e. The first-order chi connectivity index (χ1) is 19.4. The van der Waals surface area contributed by atoms with Crippen LogP contribution in [-0.4, -0.2) is 42.3 Å². The Morgan fingerprint density at radius 3 is 2.60 bits per heavy atom. The lowest BCUT2D eigenvalue weighted by molar-refractivity contribution is -0.119. The van der Waals surface area contributed by atoms with Crippen LogP contribution in [0.15, 0.2) is 66.7 Å². The Balaban J connectivity index is 1.70. The van der Waals surface area contributed by atoms with Crippen molar-refractivity contribution in [3.63, 3.8) is 0 Å². The Morgan fingerprint density at radius 2 is 1.88 bits per heavy atom. The molecule has 0 spiro atoms. The minimum Gasteiger partial charge on any atom is -0.493 e. The van der Waals surface area contributed by atoms with E-state index in [1.54, 1.807) is 14.2 Å². The fraction of sp³-hybridized carbons (Fsp3) is 0.333. The van der Waals surface area contributed by atoms with Gasteiger partial charge in [-0.2, -0.15) is 0 Å². The molecule has 7 heteroatoms. The predicted molar refractivity (Wildman–Crippen MR) is 161 cm³/mol. The zero-order chi connectivity index (χ0) is 28.6. The molecule has 210 valence electrons. The Kier molecular flexibility index (Phi) is 9.61. The number of ether oxygens (including phenoxy) is 3. The summed E-state index contributed by atoms with van der Waals surface area (Å²) < 4.78 is 19.2. The van der Waals surface area contributed by atoms with E-state index in [9.17, 15) is 4.79 Å². The highest BCUT2D eigenvalue weighted by molar-refractivity contribution is 5.96. The monoisotopic (exact) mass is 541 g/mol. The van der Waals surface area contributed by atoms with Crippen molar-refractivity contribution in [1.82, 2.24) is 9.55 Å². The van der Waals surface area contributed by atoms with Gasteiger partial charge < -0.3 is 23.7 Å². The highest BCUT2D eigenvalue weighted by Crippen LogP contribution is 2.31. The molecule has 0 saturated carbocycles. The Morgan fingerprint density at radius 1 is 1.07 bits per heavy atom. The number of amides is 1. The van der Waals surface area contributed by atoms with Gasteiger partial charge in [0.2, 0.25) is 5.91 Å². The summed E-state index contributed by atoms with van der Waals surface area (Å²) >= 11 is 0. The van der Waals surface area contributed by atoms with E-state index in [0.29, 0.717) is 23.9 Å². The van der Waals surface area contributed by atoms with E-state index in [1.807, 2.05) is 84.0 Å². The highest BCUT2D eigenvalue weighted by Gasteiger charge is 2.27. The summed E-state index contributed by atoms with van der Waals surface area (Å²) in [6, 6.07) is 19.7. The van der Waals surface area contributed by atoms with Crippen molar-refractivity contribution in [2.75, 3.05) is 25.7 Å².